The predicted octanol–water partition coefficient (Wildman–Crippen LogP) is 4.59. The average Bonchev–Trinajstić information content (AvgIpc) is 2.72. The minimum absolute atomic E-state index is 0.0971. The van der Waals surface area contributed by atoms with Gasteiger partial charge in [0.2, 0.25) is 5.91 Å². The summed E-state index contributed by atoms with van der Waals surface area (Å²) in [5.41, 5.74) is 1.23. The molecule has 3 aromatic rings. The summed E-state index contributed by atoms with van der Waals surface area (Å²) in [5, 5.41) is 2.65. The molecule has 0 aliphatic heterocycles. The lowest BCUT2D eigenvalue weighted by Crippen LogP contribution is -2.26. The van der Waals surface area contributed by atoms with Crippen molar-refractivity contribution >= 4 is 43.2 Å². The molecule has 3 rings (SSSR count). The lowest BCUT2D eigenvalue weighted by atomic mass is 10.1. The first-order valence-corrected chi connectivity index (χ1v) is 10.9. The quantitative estimate of drug-likeness (QED) is 0.565. The van der Waals surface area contributed by atoms with Gasteiger partial charge in [-0.2, -0.15) is 0 Å². The molecule has 0 unspecified atom stereocenters. The highest BCUT2D eigenvalue weighted by atomic mass is 79.9. The lowest BCUT2D eigenvalue weighted by Gasteiger charge is -2.19. The van der Waals surface area contributed by atoms with Gasteiger partial charge in [-0.1, -0.05) is 30.3 Å². The van der Waals surface area contributed by atoms with Crippen molar-refractivity contribution in [1.82, 2.24) is 0 Å². The van der Waals surface area contributed by atoms with Crippen LogP contribution in [0.25, 0.3) is 0 Å². The molecule has 150 valence electrons. The smallest absolute Gasteiger partial charge is 0.264 e. The van der Waals surface area contributed by atoms with Crippen molar-refractivity contribution in [2.24, 2.45) is 0 Å². The maximum absolute atomic E-state index is 14.0. The van der Waals surface area contributed by atoms with Crippen molar-refractivity contribution in [1.29, 1.82) is 0 Å². The number of halogens is 2. The van der Waals surface area contributed by atoms with E-state index in [9.17, 15) is 17.6 Å². The maximum Gasteiger partial charge on any atom is 0.264 e. The van der Waals surface area contributed by atoms with Crippen LogP contribution in [-0.2, 0) is 21.2 Å². The highest BCUT2D eigenvalue weighted by Crippen LogP contribution is 2.23. The highest BCUT2D eigenvalue weighted by molar-refractivity contribution is 9.10. The number of hydrogen-bond acceptors (Lipinski definition) is 3. The molecule has 0 atom stereocenters. The minimum Gasteiger partial charge on any atom is -0.326 e. The van der Waals surface area contributed by atoms with E-state index in [1.807, 2.05) is 0 Å². The molecule has 0 aliphatic rings. The number of para-hydroxylation sites is 1. The van der Waals surface area contributed by atoms with Crippen molar-refractivity contribution in [3.05, 3.63) is 88.6 Å². The van der Waals surface area contributed by atoms with E-state index in [1.165, 1.54) is 41.7 Å². The Morgan fingerprint density at radius 2 is 1.66 bits per heavy atom. The molecule has 0 radical (unpaired) electrons. The number of anilines is 2. The van der Waals surface area contributed by atoms with Gasteiger partial charge in [0.15, 0.2) is 0 Å². The van der Waals surface area contributed by atoms with Crippen molar-refractivity contribution in [2.75, 3.05) is 16.7 Å². The fourth-order valence-electron chi connectivity index (χ4n) is 2.71. The maximum atomic E-state index is 14.0. The second-order valence-electron chi connectivity index (χ2n) is 6.27. The van der Waals surface area contributed by atoms with Crippen LogP contribution in [0.1, 0.15) is 5.56 Å². The molecule has 1 N–H and O–H groups in total. The molecular formula is C21H18BrFN2O3S. The molecule has 3 aromatic carbocycles. The van der Waals surface area contributed by atoms with E-state index in [-0.39, 0.29) is 16.9 Å². The largest absolute Gasteiger partial charge is 0.326 e. The Labute approximate surface area is 177 Å². The third-order valence-electron chi connectivity index (χ3n) is 4.30. The molecule has 0 saturated carbocycles. The monoisotopic (exact) mass is 476 g/mol. The second-order valence-corrected chi connectivity index (χ2v) is 9.09. The Balaban J connectivity index is 1.71. The SMILES string of the molecule is CN(c1ccccc1)S(=O)(=O)c1ccc(NC(=O)Cc2cccc(Br)c2F)cc1. The summed E-state index contributed by atoms with van der Waals surface area (Å²) in [6, 6.07) is 19.3. The van der Waals surface area contributed by atoms with Gasteiger partial charge in [-0.3, -0.25) is 9.10 Å². The van der Waals surface area contributed by atoms with Crippen LogP contribution in [0.15, 0.2) is 82.2 Å². The summed E-state index contributed by atoms with van der Waals surface area (Å²) in [5.74, 6) is -0.882. The average molecular weight is 477 g/mol. The zero-order chi connectivity index (χ0) is 21.0. The summed E-state index contributed by atoms with van der Waals surface area (Å²) in [7, 11) is -2.25. The van der Waals surface area contributed by atoms with E-state index in [2.05, 4.69) is 21.2 Å². The molecule has 1 amide bonds. The molecule has 0 aliphatic carbocycles. The Bertz CT molecular complexity index is 1120. The molecule has 0 saturated heterocycles. The topological polar surface area (TPSA) is 66.5 Å². The molecule has 5 nitrogen and oxygen atoms in total. The highest BCUT2D eigenvalue weighted by Gasteiger charge is 2.21. The van der Waals surface area contributed by atoms with Crippen LogP contribution in [-0.4, -0.2) is 21.4 Å². The predicted molar refractivity (Wildman–Crippen MR) is 115 cm³/mol. The number of nitrogens with one attached hydrogen (secondary N) is 1. The van der Waals surface area contributed by atoms with E-state index >= 15 is 0 Å². The van der Waals surface area contributed by atoms with Gasteiger partial charge in [0.1, 0.15) is 5.82 Å². The van der Waals surface area contributed by atoms with Crippen LogP contribution < -0.4 is 9.62 Å². The van der Waals surface area contributed by atoms with E-state index in [4.69, 9.17) is 0 Å². The third kappa shape index (κ3) is 4.83. The van der Waals surface area contributed by atoms with Gasteiger partial charge in [0.25, 0.3) is 10.0 Å². The van der Waals surface area contributed by atoms with Crippen molar-refractivity contribution in [3.8, 4) is 0 Å². The first-order chi connectivity index (χ1) is 13.8. The number of rotatable bonds is 6. The zero-order valence-electron chi connectivity index (χ0n) is 15.5. The fourth-order valence-corrected chi connectivity index (χ4v) is 4.31. The van der Waals surface area contributed by atoms with E-state index in [1.54, 1.807) is 42.5 Å². The minimum atomic E-state index is -3.73. The molecule has 0 spiro atoms. The number of carbonyl (C=O) groups excluding carboxylic acids is 1. The standard InChI is InChI=1S/C21H18BrFN2O3S/c1-25(17-7-3-2-4-8-17)29(27,28)18-12-10-16(11-13-18)24-20(26)14-15-6-5-9-19(22)21(15)23/h2-13H,14H2,1H3,(H,24,26). The number of nitrogens with zero attached hydrogens (tertiary/aromatic N) is 1. The Morgan fingerprint density at radius 3 is 2.31 bits per heavy atom. The fraction of sp³-hybridized carbons (Fsp3) is 0.0952. The molecule has 8 heteroatoms. The molecular weight excluding hydrogens is 459 g/mol. The number of benzene rings is 3. The Morgan fingerprint density at radius 1 is 1.00 bits per heavy atom. The number of amides is 1. The number of carbonyl (C=O) groups is 1. The lowest BCUT2D eigenvalue weighted by molar-refractivity contribution is -0.115. The normalized spacial score (nSPS) is 11.1. The third-order valence-corrected chi connectivity index (χ3v) is 6.71. The van der Waals surface area contributed by atoms with Gasteiger partial charge in [-0.25, -0.2) is 12.8 Å². The molecule has 0 heterocycles. The van der Waals surface area contributed by atoms with Crippen molar-refractivity contribution in [2.45, 2.75) is 11.3 Å². The van der Waals surface area contributed by atoms with Crippen LogP contribution in [0.3, 0.4) is 0 Å². The molecule has 0 bridgehead atoms. The van der Waals surface area contributed by atoms with Crippen molar-refractivity contribution < 1.29 is 17.6 Å². The van der Waals surface area contributed by atoms with Gasteiger partial charge in [-0.15, -0.1) is 0 Å². The van der Waals surface area contributed by atoms with E-state index in [0.29, 0.717) is 15.8 Å². The van der Waals surface area contributed by atoms with Crippen LogP contribution >= 0.6 is 15.9 Å². The van der Waals surface area contributed by atoms with Gasteiger partial charge >= 0.3 is 0 Å². The second kappa shape index (κ2) is 8.75. The van der Waals surface area contributed by atoms with Gasteiger partial charge < -0.3 is 5.32 Å². The van der Waals surface area contributed by atoms with Gasteiger partial charge in [0, 0.05) is 12.7 Å². The number of hydrogen-bond donors (Lipinski definition) is 1. The van der Waals surface area contributed by atoms with E-state index in [0.717, 1.165) is 0 Å². The summed E-state index contributed by atoms with van der Waals surface area (Å²) < 4.78 is 41.0. The van der Waals surface area contributed by atoms with Crippen LogP contribution in [0, 0.1) is 5.82 Å². The molecule has 0 aromatic heterocycles. The first kappa shape index (κ1) is 21.0. The van der Waals surface area contributed by atoms with Crippen molar-refractivity contribution in [3.63, 3.8) is 0 Å². The van der Waals surface area contributed by atoms with Gasteiger partial charge in [0.05, 0.1) is 21.5 Å². The molecule has 0 fully saturated rings. The van der Waals surface area contributed by atoms with Crippen LogP contribution in [0.2, 0.25) is 0 Å². The Kier molecular flexibility index (Phi) is 6.34. The summed E-state index contributed by atoms with van der Waals surface area (Å²) in [6.07, 6.45) is -0.137. The van der Waals surface area contributed by atoms with Crippen LogP contribution in [0.4, 0.5) is 15.8 Å². The summed E-state index contributed by atoms with van der Waals surface area (Å²) >= 11 is 3.09. The first-order valence-electron chi connectivity index (χ1n) is 8.66. The Hall–Kier alpha value is -2.71. The van der Waals surface area contributed by atoms with Crippen LogP contribution in [0.5, 0.6) is 0 Å². The zero-order valence-corrected chi connectivity index (χ0v) is 17.9. The number of sulfonamides is 1. The van der Waals surface area contributed by atoms with E-state index < -0.39 is 21.7 Å². The summed E-state index contributed by atoms with van der Waals surface area (Å²) in [4.78, 5) is 12.3. The molecule has 29 heavy (non-hydrogen) atoms. The summed E-state index contributed by atoms with van der Waals surface area (Å²) in [6.45, 7) is 0. The van der Waals surface area contributed by atoms with Gasteiger partial charge in [-0.05, 0) is 64.0 Å².